The largest absolute Gasteiger partial charge is 0.405 e. The van der Waals surface area contributed by atoms with Crippen molar-refractivity contribution in [3.8, 4) is 0 Å². The highest BCUT2D eigenvalue weighted by Crippen LogP contribution is 2.27. The van der Waals surface area contributed by atoms with E-state index in [0.717, 1.165) is 12.8 Å². The van der Waals surface area contributed by atoms with Crippen LogP contribution >= 0.6 is 11.6 Å². The molecule has 0 bridgehead atoms. The highest BCUT2D eigenvalue weighted by molar-refractivity contribution is 6.28. The molecule has 1 aromatic rings. The van der Waals surface area contributed by atoms with E-state index in [0.29, 0.717) is 18.7 Å². The second-order valence-electron chi connectivity index (χ2n) is 5.09. The van der Waals surface area contributed by atoms with Gasteiger partial charge in [-0.3, -0.25) is 4.79 Å². The Kier molecular flexibility index (Phi) is 5.38. The summed E-state index contributed by atoms with van der Waals surface area (Å²) in [6, 6.07) is -0.310. The maximum Gasteiger partial charge on any atom is 0.405 e. The van der Waals surface area contributed by atoms with E-state index >= 15 is 0 Å². The lowest BCUT2D eigenvalue weighted by atomic mass is 9.84. The van der Waals surface area contributed by atoms with Gasteiger partial charge in [-0.2, -0.15) is 23.3 Å². The normalized spacial score (nSPS) is 22.2. The molecule has 1 amide bonds. The minimum absolute atomic E-state index is 0.0427. The van der Waals surface area contributed by atoms with Crippen LogP contribution in [0.5, 0.6) is 0 Å². The number of alkyl halides is 3. The first-order chi connectivity index (χ1) is 10.3. The number of carbonyl (C=O) groups excluding carboxylic acids is 1. The smallest absolute Gasteiger partial charge is 0.365 e. The zero-order chi connectivity index (χ0) is 16.2. The molecule has 22 heavy (non-hydrogen) atoms. The molecule has 2 rings (SSSR count). The lowest BCUT2D eigenvalue weighted by Gasteiger charge is -2.31. The van der Waals surface area contributed by atoms with Crippen LogP contribution in [0.1, 0.15) is 25.7 Å². The van der Waals surface area contributed by atoms with Gasteiger partial charge in [0.1, 0.15) is 12.4 Å². The van der Waals surface area contributed by atoms with Crippen molar-refractivity contribution in [1.82, 2.24) is 20.5 Å². The SMILES string of the molecule is O=C(NCC(F)(F)F)[C@H]1CCCC[C@H]1Nc1cnnc(Cl)n1. The van der Waals surface area contributed by atoms with Crippen molar-refractivity contribution < 1.29 is 18.0 Å². The monoisotopic (exact) mass is 337 g/mol. The van der Waals surface area contributed by atoms with Crippen LogP contribution in [0.3, 0.4) is 0 Å². The number of anilines is 1. The Labute approximate surface area is 129 Å². The topological polar surface area (TPSA) is 79.8 Å². The first-order valence-electron chi connectivity index (χ1n) is 6.81. The van der Waals surface area contributed by atoms with Crippen LogP contribution in [0.15, 0.2) is 6.20 Å². The molecule has 0 radical (unpaired) electrons. The van der Waals surface area contributed by atoms with Gasteiger partial charge < -0.3 is 10.6 Å². The number of rotatable bonds is 4. The Morgan fingerprint density at radius 1 is 1.36 bits per heavy atom. The van der Waals surface area contributed by atoms with Crippen molar-refractivity contribution in [3.05, 3.63) is 11.5 Å². The first kappa shape index (κ1) is 16.7. The summed E-state index contributed by atoms with van der Waals surface area (Å²) in [5, 5.41) is 12.0. The van der Waals surface area contributed by atoms with Crippen LogP contribution in [-0.2, 0) is 4.79 Å². The summed E-state index contributed by atoms with van der Waals surface area (Å²) in [5.41, 5.74) is 0. The van der Waals surface area contributed by atoms with Crippen molar-refractivity contribution in [3.63, 3.8) is 0 Å². The van der Waals surface area contributed by atoms with Gasteiger partial charge in [0, 0.05) is 6.04 Å². The summed E-state index contributed by atoms with van der Waals surface area (Å²) in [5.74, 6) is -0.812. The van der Waals surface area contributed by atoms with Gasteiger partial charge >= 0.3 is 6.18 Å². The number of carbonyl (C=O) groups is 1. The van der Waals surface area contributed by atoms with Gasteiger partial charge in [-0.25, -0.2) is 0 Å². The van der Waals surface area contributed by atoms with Gasteiger partial charge in [0.25, 0.3) is 0 Å². The molecule has 1 aliphatic carbocycles. The number of aromatic nitrogens is 3. The van der Waals surface area contributed by atoms with Crippen molar-refractivity contribution in [2.75, 3.05) is 11.9 Å². The molecule has 0 aromatic carbocycles. The molecule has 1 aromatic heterocycles. The van der Waals surface area contributed by atoms with E-state index in [2.05, 4.69) is 20.5 Å². The van der Waals surface area contributed by atoms with Crippen LogP contribution in [-0.4, -0.2) is 39.9 Å². The fraction of sp³-hybridized carbons (Fsp3) is 0.667. The van der Waals surface area contributed by atoms with E-state index in [1.165, 1.54) is 6.20 Å². The first-order valence-corrected chi connectivity index (χ1v) is 7.19. The lowest BCUT2D eigenvalue weighted by molar-refractivity contribution is -0.141. The number of hydrogen-bond donors (Lipinski definition) is 2. The zero-order valence-corrected chi connectivity index (χ0v) is 12.3. The van der Waals surface area contributed by atoms with E-state index < -0.39 is 24.5 Å². The number of amides is 1. The number of nitrogens with zero attached hydrogens (tertiary/aromatic N) is 3. The molecule has 0 spiro atoms. The molecule has 0 unspecified atom stereocenters. The van der Waals surface area contributed by atoms with E-state index in [9.17, 15) is 18.0 Å². The van der Waals surface area contributed by atoms with Gasteiger partial charge in [-0.1, -0.05) is 12.8 Å². The molecule has 1 heterocycles. The Hall–Kier alpha value is -1.64. The highest BCUT2D eigenvalue weighted by atomic mass is 35.5. The Balaban J connectivity index is 2.00. The molecule has 122 valence electrons. The van der Waals surface area contributed by atoms with Gasteiger partial charge in [0.15, 0.2) is 0 Å². The third-order valence-electron chi connectivity index (χ3n) is 3.43. The van der Waals surface area contributed by atoms with Gasteiger partial charge in [0.05, 0.1) is 12.1 Å². The highest BCUT2D eigenvalue weighted by Gasteiger charge is 2.34. The Morgan fingerprint density at radius 2 is 2.09 bits per heavy atom. The molecule has 2 atom stereocenters. The quantitative estimate of drug-likeness (QED) is 0.880. The zero-order valence-electron chi connectivity index (χ0n) is 11.5. The summed E-state index contributed by atoms with van der Waals surface area (Å²) in [4.78, 5) is 15.9. The molecule has 2 N–H and O–H groups in total. The molecule has 1 saturated carbocycles. The summed E-state index contributed by atoms with van der Waals surface area (Å²) in [6.45, 7) is -1.32. The summed E-state index contributed by atoms with van der Waals surface area (Å²) in [7, 11) is 0. The predicted octanol–water partition coefficient (Wildman–Crippen LogP) is 2.17. The molecular formula is C12H15ClF3N5O. The van der Waals surface area contributed by atoms with E-state index in [4.69, 9.17) is 11.6 Å². The van der Waals surface area contributed by atoms with Crippen LogP contribution < -0.4 is 10.6 Å². The van der Waals surface area contributed by atoms with Crippen LogP contribution in [0.25, 0.3) is 0 Å². The van der Waals surface area contributed by atoms with Crippen LogP contribution in [0, 0.1) is 5.92 Å². The van der Waals surface area contributed by atoms with Gasteiger partial charge in [0.2, 0.25) is 11.2 Å². The van der Waals surface area contributed by atoms with E-state index in [1.807, 2.05) is 5.32 Å². The van der Waals surface area contributed by atoms with Crippen LogP contribution in [0.2, 0.25) is 5.28 Å². The summed E-state index contributed by atoms with van der Waals surface area (Å²) < 4.78 is 36.6. The van der Waals surface area contributed by atoms with E-state index in [1.54, 1.807) is 0 Å². The maximum atomic E-state index is 12.2. The fourth-order valence-corrected chi connectivity index (χ4v) is 2.61. The third-order valence-corrected chi connectivity index (χ3v) is 3.59. The van der Waals surface area contributed by atoms with Gasteiger partial charge in [-0.15, -0.1) is 5.10 Å². The second-order valence-corrected chi connectivity index (χ2v) is 5.42. The maximum absolute atomic E-state index is 12.2. The average Bonchev–Trinajstić information content (AvgIpc) is 2.45. The molecule has 6 nitrogen and oxygen atoms in total. The third kappa shape index (κ3) is 4.97. The molecule has 1 fully saturated rings. The van der Waals surface area contributed by atoms with E-state index in [-0.39, 0.29) is 11.3 Å². The standard InChI is InChI=1S/C12H15ClF3N5O/c13-11-20-9(5-18-21-11)19-8-4-2-1-3-7(8)10(22)17-6-12(14,15)16/h5,7-8H,1-4,6H2,(H,17,22)(H,19,20,21)/t7-,8+/m0/s1. The van der Waals surface area contributed by atoms with Crippen LogP contribution in [0.4, 0.5) is 19.0 Å². The van der Waals surface area contributed by atoms with Crippen molar-refractivity contribution in [2.24, 2.45) is 5.92 Å². The second kappa shape index (κ2) is 7.08. The molecule has 0 aliphatic heterocycles. The molecule has 0 saturated heterocycles. The fourth-order valence-electron chi connectivity index (χ4n) is 2.48. The number of nitrogens with one attached hydrogen (secondary N) is 2. The Bertz CT molecular complexity index is 528. The molecule has 1 aliphatic rings. The summed E-state index contributed by atoms with van der Waals surface area (Å²) in [6.07, 6.45) is -0.208. The van der Waals surface area contributed by atoms with Gasteiger partial charge in [-0.05, 0) is 24.4 Å². The minimum atomic E-state index is -4.42. The number of hydrogen-bond acceptors (Lipinski definition) is 5. The van der Waals surface area contributed by atoms with Crippen molar-refractivity contribution >= 4 is 23.3 Å². The van der Waals surface area contributed by atoms with Crippen molar-refractivity contribution in [2.45, 2.75) is 37.9 Å². The molecular weight excluding hydrogens is 323 g/mol. The Morgan fingerprint density at radius 3 is 2.77 bits per heavy atom. The minimum Gasteiger partial charge on any atom is -0.365 e. The number of halogens is 4. The lowest BCUT2D eigenvalue weighted by Crippen LogP contribution is -2.45. The summed E-state index contributed by atoms with van der Waals surface area (Å²) >= 11 is 5.63. The average molecular weight is 338 g/mol. The molecule has 10 heteroatoms. The predicted molar refractivity (Wildman–Crippen MR) is 73.3 cm³/mol. The van der Waals surface area contributed by atoms with Crippen molar-refractivity contribution in [1.29, 1.82) is 0 Å².